The molecular formula is C45H28N4S. The van der Waals surface area contributed by atoms with E-state index >= 15 is 0 Å². The third kappa shape index (κ3) is 4.63. The Bertz CT molecular complexity index is 3190. The Morgan fingerprint density at radius 1 is 0.440 bits per heavy atom. The first-order chi connectivity index (χ1) is 27.3. The maximum Gasteiger partial charge on any atom is 0.165 e. The highest BCUT2D eigenvalue weighted by molar-refractivity contribution is 7.26. The van der Waals surface area contributed by atoms with Crippen molar-refractivity contribution < 1.29 is 8.22 Å². The maximum absolute atomic E-state index is 8.90. The molecule has 3 heterocycles. The molecule has 0 aliphatic carbocycles. The summed E-state index contributed by atoms with van der Waals surface area (Å²) < 4.78 is 55.9. The molecule has 0 atom stereocenters. The highest BCUT2D eigenvalue weighted by Gasteiger charge is 2.21. The summed E-state index contributed by atoms with van der Waals surface area (Å²) in [6, 6.07) is 42.3. The van der Waals surface area contributed by atoms with E-state index in [1.165, 1.54) is 0 Å². The van der Waals surface area contributed by atoms with Crippen LogP contribution in [0.5, 0.6) is 0 Å². The van der Waals surface area contributed by atoms with Crippen LogP contribution in [0.25, 0.3) is 93.0 Å². The number of thiophene rings is 1. The number of nitrogens with zero attached hydrogens (tertiary/aromatic N) is 4. The zero-order chi connectivity index (χ0) is 38.2. The van der Waals surface area contributed by atoms with Crippen molar-refractivity contribution in [1.29, 1.82) is 0 Å². The van der Waals surface area contributed by atoms with Crippen molar-refractivity contribution in [2.75, 3.05) is 0 Å². The van der Waals surface area contributed by atoms with Gasteiger partial charge in [-0.1, -0.05) is 145 Å². The van der Waals surface area contributed by atoms with Gasteiger partial charge in [0.2, 0.25) is 0 Å². The molecule has 0 spiro atoms. The van der Waals surface area contributed by atoms with Crippen LogP contribution in [0.1, 0.15) is 8.22 Å². The van der Waals surface area contributed by atoms with Gasteiger partial charge in [0, 0.05) is 53.3 Å². The van der Waals surface area contributed by atoms with Gasteiger partial charge in [-0.05, 0) is 35.4 Å². The number of benzene rings is 7. The van der Waals surface area contributed by atoms with Crippen LogP contribution in [0.4, 0.5) is 0 Å². The predicted molar refractivity (Wildman–Crippen MR) is 209 cm³/mol. The van der Waals surface area contributed by atoms with E-state index in [1.807, 2.05) is 84.9 Å². The van der Waals surface area contributed by atoms with Crippen LogP contribution in [-0.2, 0) is 0 Å². The van der Waals surface area contributed by atoms with Crippen LogP contribution in [0, 0.1) is 0 Å². The number of hydrogen-bond donors (Lipinski definition) is 0. The highest BCUT2D eigenvalue weighted by atomic mass is 32.1. The number of para-hydroxylation sites is 2. The summed E-state index contributed by atoms with van der Waals surface area (Å²) in [5, 5.41) is 3.85. The fourth-order valence-corrected chi connectivity index (χ4v) is 8.16. The number of rotatable bonds is 5. The zero-order valence-corrected chi connectivity index (χ0v) is 27.2. The molecular weight excluding hydrogens is 629 g/mol. The molecule has 5 heteroatoms. The van der Waals surface area contributed by atoms with E-state index in [-0.39, 0.29) is 11.4 Å². The largest absolute Gasteiger partial charge is 0.309 e. The Hall–Kier alpha value is -6.43. The molecule has 0 bridgehead atoms. The van der Waals surface area contributed by atoms with Crippen molar-refractivity contribution >= 4 is 53.3 Å². The van der Waals surface area contributed by atoms with Crippen LogP contribution < -0.4 is 0 Å². The van der Waals surface area contributed by atoms with Crippen LogP contribution in [0.2, 0.25) is 0 Å². The predicted octanol–water partition coefficient (Wildman–Crippen LogP) is 12.0. The molecule has 4 nitrogen and oxygen atoms in total. The van der Waals surface area contributed by atoms with Gasteiger partial charge >= 0.3 is 0 Å². The summed E-state index contributed by atoms with van der Waals surface area (Å²) in [7, 11) is 0. The molecule has 7 aromatic carbocycles. The molecule has 0 radical (unpaired) electrons. The lowest BCUT2D eigenvalue weighted by Crippen LogP contribution is -2.01. The lowest BCUT2D eigenvalue weighted by molar-refractivity contribution is 1.07. The Morgan fingerprint density at radius 3 is 1.86 bits per heavy atom. The molecule has 10 rings (SSSR count). The van der Waals surface area contributed by atoms with Crippen molar-refractivity contribution in [3.05, 3.63) is 170 Å². The summed E-state index contributed by atoms with van der Waals surface area (Å²) >= 11 is 1.64. The standard InChI is InChI=1S/C45H28N4S/c1-4-15-29(16-5-1)33-23-14-24-36-37-27-32(49-39-25-12-10-21-34(39)35-22-11-13-26-40(35)49)28-38(42(37)50-41(33)36)45-47-43(30-17-6-2-7-18-30)46-44(48-45)31-19-8-3-9-20-31/h1-28H/i2D,6D,7D,17D,18D,21D. The number of fused-ring (bicyclic) bond motifs is 6. The van der Waals surface area contributed by atoms with Crippen molar-refractivity contribution in [1.82, 2.24) is 19.5 Å². The van der Waals surface area contributed by atoms with Crippen LogP contribution >= 0.6 is 11.3 Å². The summed E-state index contributed by atoms with van der Waals surface area (Å²) in [6.07, 6.45) is 0. The molecule has 0 N–H and O–H groups in total. The van der Waals surface area contributed by atoms with Gasteiger partial charge in [-0.3, -0.25) is 0 Å². The van der Waals surface area contributed by atoms with E-state index in [4.69, 9.17) is 23.2 Å². The molecule has 0 aliphatic rings. The van der Waals surface area contributed by atoms with Crippen molar-refractivity contribution in [3.8, 4) is 51.0 Å². The molecule has 0 saturated carbocycles. The van der Waals surface area contributed by atoms with Gasteiger partial charge in [0.1, 0.15) is 0 Å². The summed E-state index contributed by atoms with van der Waals surface area (Å²) in [4.78, 5) is 14.8. The monoisotopic (exact) mass is 662 g/mol. The first kappa shape index (κ1) is 23.0. The van der Waals surface area contributed by atoms with Gasteiger partial charge < -0.3 is 4.57 Å². The van der Waals surface area contributed by atoms with Crippen molar-refractivity contribution in [2.24, 2.45) is 0 Å². The lowest BCUT2D eigenvalue weighted by atomic mass is 10.0. The fourth-order valence-electron chi connectivity index (χ4n) is 6.83. The molecule has 0 fully saturated rings. The average Bonchev–Trinajstić information content (AvgIpc) is 3.79. The molecule has 50 heavy (non-hydrogen) atoms. The molecule has 0 unspecified atom stereocenters. The smallest absolute Gasteiger partial charge is 0.165 e. The normalized spacial score (nSPS) is 13.3. The van der Waals surface area contributed by atoms with Gasteiger partial charge in [-0.2, -0.15) is 0 Å². The minimum atomic E-state index is -0.489. The third-order valence-electron chi connectivity index (χ3n) is 9.05. The van der Waals surface area contributed by atoms with Gasteiger partial charge in [-0.15, -0.1) is 11.3 Å². The topological polar surface area (TPSA) is 43.6 Å². The minimum absolute atomic E-state index is 0.0220. The Balaban J connectivity index is 1.35. The molecule has 3 aromatic heterocycles. The second-order valence-electron chi connectivity index (χ2n) is 12.0. The lowest BCUT2D eigenvalue weighted by Gasteiger charge is -2.13. The minimum Gasteiger partial charge on any atom is -0.309 e. The van der Waals surface area contributed by atoms with E-state index in [9.17, 15) is 0 Å². The fraction of sp³-hybridized carbons (Fsp3) is 0. The zero-order valence-electron chi connectivity index (χ0n) is 32.4. The molecule has 234 valence electrons. The van der Waals surface area contributed by atoms with Crippen LogP contribution in [0.3, 0.4) is 0 Å². The Kier molecular flexibility index (Phi) is 5.35. The second-order valence-corrected chi connectivity index (χ2v) is 13.0. The van der Waals surface area contributed by atoms with E-state index in [0.29, 0.717) is 28.8 Å². The van der Waals surface area contributed by atoms with Gasteiger partial charge in [0.25, 0.3) is 0 Å². The Labute approximate surface area is 301 Å². The van der Waals surface area contributed by atoms with E-state index < -0.39 is 30.2 Å². The highest BCUT2D eigenvalue weighted by Crippen LogP contribution is 2.45. The van der Waals surface area contributed by atoms with Crippen molar-refractivity contribution in [3.63, 3.8) is 0 Å². The van der Waals surface area contributed by atoms with Gasteiger partial charge in [0.05, 0.1) is 19.3 Å². The SMILES string of the molecule is [2H]c1c([2H])c([2H])c(-c2nc(-c3ccccc3)nc(-c3cc(-n4c5ccccc5c5c([2H])cccc54)cc4c3sc3c(-c5ccccc5)cccc34)n2)c([2H])c1[2H]. The first-order valence-corrected chi connectivity index (χ1v) is 17.0. The third-order valence-corrected chi connectivity index (χ3v) is 10.3. The van der Waals surface area contributed by atoms with Gasteiger partial charge in [-0.25, -0.2) is 15.0 Å². The number of aromatic nitrogens is 4. The van der Waals surface area contributed by atoms with E-state index in [2.05, 4.69) is 53.1 Å². The summed E-state index contributed by atoms with van der Waals surface area (Å²) in [6.45, 7) is 0. The molecule has 0 amide bonds. The molecule has 0 aliphatic heterocycles. The summed E-state index contributed by atoms with van der Waals surface area (Å²) in [5.74, 6) is 0.575. The Morgan fingerprint density at radius 2 is 1.06 bits per heavy atom. The average molecular weight is 663 g/mol. The first-order valence-electron chi connectivity index (χ1n) is 19.2. The molecule has 10 aromatic rings. The quantitative estimate of drug-likeness (QED) is 0.184. The molecule has 0 saturated heterocycles. The van der Waals surface area contributed by atoms with Crippen LogP contribution in [0.15, 0.2) is 170 Å². The van der Waals surface area contributed by atoms with E-state index in [1.54, 1.807) is 11.3 Å². The van der Waals surface area contributed by atoms with Gasteiger partial charge in [0.15, 0.2) is 17.5 Å². The maximum atomic E-state index is 8.90. The van der Waals surface area contributed by atoms with E-state index in [0.717, 1.165) is 58.8 Å². The summed E-state index contributed by atoms with van der Waals surface area (Å²) in [5.41, 5.74) is 6.12. The van der Waals surface area contributed by atoms with Crippen LogP contribution in [-0.4, -0.2) is 19.5 Å². The van der Waals surface area contributed by atoms with Crippen molar-refractivity contribution in [2.45, 2.75) is 0 Å². The number of hydrogen-bond acceptors (Lipinski definition) is 4. The second kappa shape index (κ2) is 11.6.